The van der Waals surface area contributed by atoms with Crippen molar-refractivity contribution in [3.63, 3.8) is 0 Å². The van der Waals surface area contributed by atoms with E-state index >= 15 is 0 Å². The average molecular weight is 277 g/mol. The minimum absolute atomic E-state index is 0.00134. The monoisotopic (exact) mass is 277 g/mol. The number of rotatable bonds is 4. The summed E-state index contributed by atoms with van der Waals surface area (Å²) in [4.78, 5) is 12.4. The Morgan fingerprint density at radius 2 is 2.21 bits per heavy atom. The van der Waals surface area contributed by atoms with Crippen molar-refractivity contribution in [2.24, 2.45) is 13.0 Å². The van der Waals surface area contributed by atoms with E-state index in [-0.39, 0.29) is 5.56 Å². The van der Waals surface area contributed by atoms with Crippen molar-refractivity contribution in [3.05, 3.63) is 22.1 Å². The summed E-state index contributed by atoms with van der Waals surface area (Å²) in [7, 11) is 1.80. The molecule has 0 aliphatic heterocycles. The zero-order chi connectivity index (χ0) is 13.2. The number of allylic oxidation sites excluding steroid dienone is 2. The molecule has 0 aromatic carbocycles. The zero-order valence-electron chi connectivity index (χ0n) is 11.3. The lowest BCUT2D eigenvalue weighted by molar-refractivity contribution is 0.647. The number of aromatic nitrogens is 3. The molecule has 0 N–H and O–H groups in total. The summed E-state index contributed by atoms with van der Waals surface area (Å²) in [5.41, 5.74) is 1.64. The molecule has 0 amide bonds. The first kappa shape index (κ1) is 12.9. The van der Waals surface area contributed by atoms with E-state index < -0.39 is 0 Å². The standard InChI is InChI=1S/C14H19N3OS/c1-17-13(18)12(11-5-3-2-4-6-11)15-16-14(17)19-9-10-7-8-10/h5,10H,2-4,6-9H2,1H3. The van der Waals surface area contributed by atoms with Crippen LogP contribution in [0.4, 0.5) is 0 Å². The van der Waals surface area contributed by atoms with Crippen LogP contribution in [0.25, 0.3) is 5.57 Å². The Kier molecular flexibility index (Phi) is 3.73. The first-order valence-electron chi connectivity index (χ1n) is 7.01. The summed E-state index contributed by atoms with van der Waals surface area (Å²) in [5, 5.41) is 9.18. The molecule has 1 saturated carbocycles. The molecule has 102 valence electrons. The fraction of sp³-hybridized carbons (Fsp3) is 0.643. The summed E-state index contributed by atoms with van der Waals surface area (Å²) in [6, 6.07) is 0. The van der Waals surface area contributed by atoms with Gasteiger partial charge in [0.2, 0.25) is 0 Å². The molecule has 2 aliphatic rings. The second kappa shape index (κ2) is 5.49. The summed E-state index contributed by atoms with van der Waals surface area (Å²) in [6.07, 6.45) is 9.16. The predicted molar refractivity (Wildman–Crippen MR) is 77.2 cm³/mol. The molecule has 0 bridgehead atoms. The molecule has 1 aromatic rings. The Morgan fingerprint density at radius 1 is 1.37 bits per heavy atom. The lowest BCUT2D eigenvalue weighted by Gasteiger charge is -2.12. The molecule has 0 unspecified atom stereocenters. The van der Waals surface area contributed by atoms with Crippen LogP contribution in [0.15, 0.2) is 16.0 Å². The van der Waals surface area contributed by atoms with Gasteiger partial charge in [-0.2, -0.15) is 0 Å². The predicted octanol–water partition coefficient (Wildman–Crippen LogP) is 2.63. The Bertz CT molecular complexity index is 560. The average Bonchev–Trinajstić information content (AvgIpc) is 3.26. The van der Waals surface area contributed by atoms with Crippen LogP contribution in [0, 0.1) is 5.92 Å². The van der Waals surface area contributed by atoms with Gasteiger partial charge in [-0.05, 0) is 50.0 Å². The molecule has 0 saturated heterocycles. The first-order chi connectivity index (χ1) is 9.25. The highest BCUT2D eigenvalue weighted by Crippen LogP contribution is 2.34. The van der Waals surface area contributed by atoms with E-state index in [0.29, 0.717) is 5.69 Å². The largest absolute Gasteiger partial charge is 0.287 e. The molecule has 0 spiro atoms. The molecule has 0 atom stereocenters. The van der Waals surface area contributed by atoms with Gasteiger partial charge in [0.05, 0.1) is 0 Å². The second-order valence-electron chi connectivity index (χ2n) is 5.42. The molecule has 3 rings (SSSR count). The smallest absolute Gasteiger partial charge is 0.280 e. The van der Waals surface area contributed by atoms with E-state index in [1.807, 2.05) is 0 Å². The van der Waals surface area contributed by atoms with Crippen LogP contribution in [0.5, 0.6) is 0 Å². The fourth-order valence-electron chi connectivity index (χ4n) is 2.31. The maximum absolute atomic E-state index is 12.4. The molecule has 19 heavy (non-hydrogen) atoms. The van der Waals surface area contributed by atoms with Crippen molar-refractivity contribution in [1.82, 2.24) is 14.8 Å². The van der Waals surface area contributed by atoms with Gasteiger partial charge in [0.1, 0.15) is 0 Å². The van der Waals surface area contributed by atoms with E-state index in [0.717, 1.165) is 41.7 Å². The van der Waals surface area contributed by atoms with Crippen molar-refractivity contribution in [3.8, 4) is 0 Å². The minimum Gasteiger partial charge on any atom is -0.287 e. The molecule has 5 heteroatoms. The molecular formula is C14H19N3OS. The van der Waals surface area contributed by atoms with E-state index in [1.165, 1.54) is 19.3 Å². The molecule has 1 fully saturated rings. The molecule has 2 aliphatic carbocycles. The summed E-state index contributed by atoms with van der Waals surface area (Å²) < 4.78 is 1.66. The molecule has 1 heterocycles. The summed E-state index contributed by atoms with van der Waals surface area (Å²) in [6.45, 7) is 0. The second-order valence-corrected chi connectivity index (χ2v) is 6.41. The van der Waals surface area contributed by atoms with E-state index in [2.05, 4.69) is 16.3 Å². The van der Waals surface area contributed by atoms with E-state index in [1.54, 1.807) is 23.4 Å². The quantitative estimate of drug-likeness (QED) is 0.794. The van der Waals surface area contributed by atoms with Gasteiger partial charge in [0.15, 0.2) is 10.9 Å². The molecule has 1 aromatic heterocycles. The Balaban J connectivity index is 1.84. The lowest BCUT2D eigenvalue weighted by Crippen LogP contribution is -2.25. The van der Waals surface area contributed by atoms with Gasteiger partial charge >= 0.3 is 0 Å². The van der Waals surface area contributed by atoms with Gasteiger partial charge in [-0.25, -0.2) is 0 Å². The normalized spacial score (nSPS) is 19.3. The third-order valence-corrected chi connectivity index (χ3v) is 5.02. The Morgan fingerprint density at radius 3 is 2.89 bits per heavy atom. The van der Waals surface area contributed by atoms with E-state index in [9.17, 15) is 4.79 Å². The fourth-order valence-corrected chi connectivity index (χ4v) is 3.40. The van der Waals surface area contributed by atoms with Crippen LogP contribution in [-0.2, 0) is 7.05 Å². The van der Waals surface area contributed by atoms with Gasteiger partial charge in [0.25, 0.3) is 5.56 Å². The molecular weight excluding hydrogens is 258 g/mol. The third-order valence-electron chi connectivity index (χ3n) is 3.77. The lowest BCUT2D eigenvalue weighted by atomic mass is 9.97. The summed E-state index contributed by atoms with van der Waals surface area (Å²) in [5.74, 6) is 1.88. The first-order valence-corrected chi connectivity index (χ1v) is 8.00. The van der Waals surface area contributed by atoms with Crippen molar-refractivity contribution >= 4 is 17.3 Å². The maximum Gasteiger partial charge on any atom is 0.280 e. The van der Waals surface area contributed by atoms with Gasteiger partial charge in [0, 0.05) is 12.8 Å². The highest BCUT2D eigenvalue weighted by atomic mass is 32.2. The molecule has 4 nitrogen and oxygen atoms in total. The third kappa shape index (κ3) is 2.91. The number of hydrogen-bond acceptors (Lipinski definition) is 4. The van der Waals surface area contributed by atoms with Crippen molar-refractivity contribution in [2.75, 3.05) is 5.75 Å². The Hall–Kier alpha value is -1.10. The topological polar surface area (TPSA) is 47.8 Å². The number of nitrogens with zero attached hydrogens (tertiary/aromatic N) is 3. The van der Waals surface area contributed by atoms with E-state index in [4.69, 9.17) is 0 Å². The SMILES string of the molecule is Cn1c(SCC2CC2)nnc(C2=CCCCC2)c1=O. The van der Waals surface area contributed by atoms with Gasteiger partial charge in [-0.15, -0.1) is 10.2 Å². The number of hydrogen-bond donors (Lipinski definition) is 0. The van der Waals surface area contributed by atoms with Crippen LogP contribution in [0.1, 0.15) is 44.2 Å². The zero-order valence-corrected chi connectivity index (χ0v) is 12.1. The molecule has 0 radical (unpaired) electrons. The van der Waals surface area contributed by atoms with Gasteiger partial charge in [-0.1, -0.05) is 17.8 Å². The van der Waals surface area contributed by atoms with Crippen LogP contribution in [0.3, 0.4) is 0 Å². The minimum atomic E-state index is 0.00134. The van der Waals surface area contributed by atoms with Gasteiger partial charge < -0.3 is 0 Å². The van der Waals surface area contributed by atoms with Crippen LogP contribution < -0.4 is 5.56 Å². The van der Waals surface area contributed by atoms with Crippen LogP contribution in [0.2, 0.25) is 0 Å². The van der Waals surface area contributed by atoms with Gasteiger partial charge in [-0.3, -0.25) is 9.36 Å². The van der Waals surface area contributed by atoms with Crippen LogP contribution in [-0.4, -0.2) is 20.5 Å². The highest BCUT2D eigenvalue weighted by molar-refractivity contribution is 7.99. The highest BCUT2D eigenvalue weighted by Gasteiger charge is 2.22. The maximum atomic E-state index is 12.4. The van der Waals surface area contributed by atoms with Crippen molar-refractivity contribution < 1.29 is 0 Å². The Labute approximate surface area is 117 Å². The van der Waals surface area contributed by atoms with Crippen molar-refractivity contribution in [1.29, 1.82) is 0 Å². The van der Waals surface area contributed by atoms with Crippen LogP contribution >= 0.6 is 11.8 Å². The number of thioether (sulfide) groups is 1. The summed E-state index contributed by atoms with van der Waals surface area (Å²) >= 11 is 1.66. The van der Waals surface area contributed by atoms with Crippen molar-refractivity contribution in [2.45, 2.75) is 43.7 Å².